The summed E-state index contributed by atoms with van der Waals surface area (Å²) < 4.78 is 0. The summed E-state index contributed by atoms with van der Waals surface area (Å²) in [6, 6.07) is 5.43. The predicted octanol–water partition coefficient (Wildman–Crippen LogP) is 1.21. The van der Waals surface area contributed by atoms with Crippen molar-refractivity contribution < 1.29 is 4.79 Å². The number of likely N-dealkylation sites (N-methyl/N-ethyl adjacent to an activating group) is 2. The highest BCUT2D eigenvalue weighted by Gasteiger charge is 2.14. The summed E-state index contributed by atoms with van der Waals surface area (Å²) in [5.41, 5.74) is 7.98. The Hall–Kier alpha value is -1.55. The van der Waals surface area contributed by atoms with Gasteiger partial charge in [-0.15, -0.1) is 0 Å². The molecular formula is C13H21N3O. The Labute approximate surface area is 103 Å². The maximum absolute atomic E-state index is 12.2. The first kappa shape index (κ1) is 13.5. The molecular weight excluding hydrogens is 214 g/mol. The van der Waals surface area contributed by atoms with Gasteiger partial charge in [0.15, 0.2) is 0 Å². The van der Waals surface area contributed by atoms with Crippen molar-refractivity contribution in [3.8, 4) is 0 Å². The maximum atomic E-state index is 12.2. The number of nitrogen functional groups attached to an aromatic ring is 1. The molecule has 0 saturated heterocycles. The number of benzene rings is 1. The van der Waals surface area contributed by atoms with Crippen LogP contribution in [-0.2, 0) is 0 Å². The molecule has 1 amide bonds. The number of aryl methyl sites for hydroxylation is 1. The molecule has 4 heteroatoms. The Morgan fingerprint density at radius 2 is 1.88 bits per heavy atom. The largest absolute Gasteiger partial charge is 0.399 e. The second-order valence-corrected chi connectivity index (χ2v) is 4.60. The number of hydrogen-bond acceptors (Lipinski definition) is 3. The van der Waals surface area contributed by atoms with Crippen LogP contribution >= 0.6 is 0 Å². The minimum absolute atomic E-state index is 0.0247. The van der Waals surface area contributed by atoms with E-state index in [0.29, 0.717) is 17.8 Å². The zero-order valence-corrected chi connectivity index (χ0v) is 11.0. The number of nitrogens with two attached hydrogens (primary N) is 1. The van der Waals surface area contributed by atoms with Crippen molar-refractivity contribution >= 4 is 11.6 Å². The van der Waals surface area contributed by atoms with E-state index in [1.54, 1.807) is 11.0 Å². The minimum Gasteiger partial charge on any atom is -0.399 e. The van der Waals surface area contributed by atoms with Gasteiger partial charge in [-0.1, -0.05) is 6.07 Å². The smallest absolute Gasteiger partial charge is 0.253 e. The first-order valence-electron chi connectivity index (χ1n) is 5.68. The van der Waals surface area contributed by atoms with Crippen molar-refractivity contribution in [2.75, 3.05) is 40.0 Å². The van der Waals surface area contributed by atoms with Crippen molar-refractivity contribution in [1.82, 2.24) is 9.80 Å². The van der Waals surface area contributed by atoms with Gasteiger partial charge in [-0.3, -0.25) is 4.79 Å². The first-order valence-corrected chi connectivity index (χ1v) is 5.68. The zero-order chi connectivity index (χ0) is 13.0. The summed E-state index contributed by atoms with van der Waals surface area (Å²) in [6.07, 6.45) is 0. The summed E-state index contributed by atoms with van der Waals surface area (Å²) in [5, 5.41) is 0. The normalized spacial score (nSPS) is 10.6. The Morgan fingerprint density at radius 1 is 1.24 bits per heavy atom. The highest BCUT2D eigenvalue weighted by Crippen LogP contribution is 2.14. The monoisotopic (exact) mass is 235 g/mol. The van der Waals surface area contributed by atoms with E-state index in [-0.39, 0.29) is 5.91 Å². The van der Waals surface area contributed by atoms with Crippen LogP contribution < -0.4 is 5.73 Å². The summed E-state index contributed by atoms with van der Waals surface area (Å²) in [6.45, 7) is 3.48. The van der Waals surface area contributed by atoms with Gasteiger partial charge < -0.3 is 15.5 Å². The maximum Gasteiger partial charge on any atom is 0.253 e. The number of hydrogen-bond donors (Lipinski definition) is 1. The van der Waals surface area contributed by atoms with E-state index >= 15 is 0 Å². The van der Waals surface area contributed by atoms with Crippen LogP contribution in [-0.4, -0.2) is 49.9 Å². The third kappa shape index (κ3) is 3.75. The van der Waals surface area contributed by atoms with Crippen LogP contribution in [0.25, 0.3) is 0 Å². The highest BCUT2D eigenvalue weighted by molar-refractivity contribution is 5.96. The second kappa shape index (κ2) is 5.68. The molecule has 17 heavy (non-hydrogen) atoms. The lowest BCUT2D eigenvalue weighted by molar-refractivity contribution is 0.0785. The molecule has 0 radical (unpaired) electrons. The Balaban J connectivity index is 2.78. The van der Waals surface area contributed by atoms with E-state index in [9.17, 15) is 4.79 Å². The molecule has 0 atom stereocenters. The van der Waals surface area contributed by atoms with Crippen molar-refractivity contribution in [3.63, 3.8) is 0 Å². The van der Waals surface area contributed by atoms with Gasteiger partial charge >= 0.3 is 0 Å². The van der Waals surface area contributed by atoms with Crippen LogP contribution in [0.1, 0.15) is 15.9 Å². The number of carbonyl (C=O) groups is 1. The number of rotatable bonds is 4. The molecule has 0 aliphatic heterocycles. The van der Waals surface area contributed by atoms with Crippen LogP contribution in [0, 0.1) is 6.92 Å². The molecule has 0 bridgehead atoms. The van der Waals surface area contributed by atoms with E-state index in [1.807, 2.05) is 40.2 Å². The van der Waals surface area contributed by atoms with Gasteiger partial charge in [0.25, 0.3) is 5.91 Å². The lowest BCUT2D eigenvalue weighted by Crippen LogP contribution is -2.33. The van der Waals surface area contributed by atoms with E-state index in [2.05, 4.69) is 4.90 Å². The Kier molecular flexibility index (Phi) is 4.52. The number of amides is 1. The van der Waals surface area contributed by atoms with Gasteiger partial charge in [0.2, 0.25) is 0 Å². The standard InChI is InChI=1S/C13H21N3O/c1-10-5-6-11(14)9-12(10)13(17)16(4)8-7-15(2)3/h5-6,9H,7-8,14H2,1-4H3. The van der Waals surface area contributed by atoms with Gasteiger partial charge in [0, 0.05) is 31.4 Å². The summed E-state index contributed by atoms with van der Waals surface area (Å²) >= 11 is 0. The average molecular weight is 235 g/mol. The van der Waals surface area contributed by atoms with Crippen molar-refractivity contribution in [2.24, 2.45) is 0 Å². The summed E-state index contributed by atoms with van der Waals surface area (Å²) in [7, 11) is 5.79. The fraction of sp³-hybridized carbons (Fsp3) is 0.462. The van der Waals surface area contributed by atoms with Crippen molar-refractivity contribution in [3.05, 3.63) is 29.3 Å². The first-order chi connectivity index (χ1) is 7.91. The van der Waals surface area contributed by atoms with Crippen LogP contribution in [0.2, 0.25) is 0 Å². The fourth-order valence-electron chi connectivity index (χ4n) is 1.53. The van der Waals surface area contributed by atoms with Gasteiger partial charge in [-0.05, 0) is 38.7 Å². The third-order valence-electron chi connectivity index (χ3n) is 2.72. The number of anilines is 1. The molecule has 0 aliphatic carbocycles. The van der Waals surface area contributed by atoms with Crippen LogP contribution in [0.3, 0.4) is 0 Å². The van der Waals surface area contributed by atoms with Crippen LogP contribution in [0.5, 0.6) is 0 Å². The lowest BCUT2D eigenvalue weighted by Gasteiger charge is -2.20. The van der Waals surface area contributed by atoms with E-state index in [0.717, 1.165) is 12.1 Å². The van der Waals surface area contributed by atoms with Crippen LogP contribution in [0.4, 0.5) is 5.69 Å². The molecule has 1 aromatic carbocycles. The highest BCUT2D eigenvalue weighted by atomic mass is 16.2. The van der Waals surface area contributed by atoms with Crippen molar-refractivity contribution in [2.45, 2.75) is 6.92 Å². The number of carbonyl (C=O) groups excluding carboxylic acids is 1. The Morgan fingerprint density at radius 3 is 2.47 bits per heavy atom. The van der Waals surface area contributed by atoms with Gasteiger partial charge in [0.05, 0.1) is 0 Å². The van der Waals surface area contributed by atoms with Crippen LogP contribution in [0.15, 0.2) is 18.2 Å². The molecule has 0 saturated carbocycles. The molecule has 0 aliphatic rings. The third-order valence-corrected chi connectivity index (χ3v) is 2.72. The lowest BCUT2D eigenvalue weighted by atomic mass is 10.1. The molecule has 0 aromatic heterocycles. The molecule has 0 unspecified atom stereocenters. The van der Waals surface area contributed by atoms with E-state index < -0.39 is 0 Å². The second-order valence-electron chi connectivity index (χ2n) is 4.60. The molecule has 0 fully saturated rings. The zero-order valence-electron chi connectivity index (χ0n) is 11.0. The molecule has 1 aromatic rings. The molecule has 0 heterocycles. The van der Waals surface area contributed by atoms with E-state index in [4.69, 9.17) is 5.73 Å². The van der Waals surface area contributed by atoms with Gasteiger partial charge in [-0.25, -0.2) is 0 Å². The average Bonchev–Trinajstić information content (AvgIpc) is 2.28. The topological polar surface area (TPSA) is 49.6 Å². The molecule has 0 spiro atoms. The minimum atomic E-state index is 0.0247. The number of nitrogens with zero attached hydrogens (tertiary/aromatic N) is 2. The van der Waals surface area contributed by atoms with Gasteiger partial charge in [0.1, 0.15) is 0 Å². The molecule has 4 nitrogen and oxygen atoms in total. The summed E-state index contributed by atoms with van der Waals surface area (Å²) in [5.74, 6) is 0.0247. The predicted molar refractivity (Wildman–Crippen MR) is 71.1 cm³/mol. The van der Waals surface area contributed by atoms with Gasteiger partial charge in [-0.2, -0.15) is 0 Å². The quantitative estimate of drug-likeness (QED) is 0.798. The SMILES string of the molecule is Cc1ccc(N)cc1C(=O)N(C)CCN(C)C. The fourth-order valence-corrected chi connectivity index (χ4v) is 1.53. The Bertz CT molecular complexity index is 402. The van der Waals surface area contributed by atoms with E-state index in [1.165, 1.54) is 0 Å². The molecule has 94 valence electrons. The molecule has 1 rings (SSSR count). The summed E-state index contributed by atoms with van der Waals surface area (Å²) in [4.78, 5) is 16.0. The molecule has 2 N–H and O–H groups in total. The van der Waals surface area contributed by atoms with Crippen molar-refractivity contribution in [1.29, 1.82) is 0 Å².